The molecule has 1 amide bonds. The van der Waals surface area contributed by atoms with Crippen molar-refractivity contribution in [3.05, 3.63) is 59.5 Å². The average molecular weight is 506 g/mol. The second-order valence-electron chi connectivity index (χ2n) is 10.6. The van der Waals surface area contributed by atoms with Crippen LogP contribution in [0, 0.1) is 6.92 Å². The number of benzene rings is 1. The number of halogens is 1. The van der Waals surface area contributed by atoms with Crippen molar-refractivity contribution in [1.29, 1.82) is 0 Å². The summed E-state index contributed by atoms with van der Waals surface area (Å²) < 4.78 is 15.5. The molecule has 0 fully saturated rings. The normalized spacial score (nSPS) is 12.9. The van der Waals surface area contributed by atoms with Crippen molar-refractivity contribution < 1.29 is 9.18 Å². The highest BCUT2D eigenvalue weighted by Crippen LogP contribution is 2.36. The average Bonchev–Trinajstić information content (AvgIpc) is 3.50. The van der Waals surface area contributed by atoms with Crippen LogP contribution in [0.3, 0.4) is 0 Å². The second kappa shape index (κ2) is 10.4. The first kappa shape index (κ1) is 26.5. The number of nitrogens with zero attached hydrogens (tertiary/aromatic N) is 5. The van der Waals surface area contributed by atoms with Gasteiger partial charge in [0.1, 0.15) is 12.0 Å². The Kier molecular flexibility index (Phi) is 7.45. The van der Waals surface area contributed by atoms with E-state index in [-0.39, 0.29) is 31.0 Å². The van der Waals surface area contributed by atoms with E-state index in [9.17, 15) is 9.18 Å². The predicted octanol–water partition coefficient (Wildman–Crippen LogP) is 5.08. The smallest absolute Gasteiger partial charge is 0.236 e. The van der Waals surface area contributed by atoms with Gasteiger partial charge in [0.15, 0.2) is 5.65 Å². The fourth-order valence-electron chi connectivity index (χ4n) is 4.53. The lowest BCUT2D eigenvalue weighted by molar-refractivity contribution is -0.130. The number of amides is 1. The van der Waals surface area contributed by atoms with Crippen LogP contribution in [0.1, 0.15) is 63.3 Å². The van der Waals surface area contributed by atoms with E-state index in [1.54, 1.807) is 22.8 Å². The fourth-order valence-corrected chi connectivity index (χ4v) is 4.53. The number of aryl methyl sites for hydroxylation is 1. The van der Waals surface area contributed by atoms with Gasteiger partial charge in [-0.15, -0.1) is 0 Å². The first-order valence-corrected chi connectivity index (χ1v) is 12.6. The van der Waals surface area contributed by atoms with Gasteiger partial charge < -0.3 is 10.2 Å². The molecule has 1 aromatic carbocycles. The third-order valence-corrected chi connectivity index (χ3v) is 6.69. The topological polar surface area (TPSA) is 91.2 Å². The van der Waals surface area contributed by atoms with Crippen LogP contribution in [0.2, 0.25) is 0 Å². The molecule has 2 N–H and O–H groups in total. The molecule has 0 aliphatic carbocycles. The molecular weight excluding hydrogens is 469 g/mol. The van der Waals surface area contributed by atoms with Gasteiger partial charge in [-0.25, -0.2) is 13.9 Å². The molecule has 1 unspecified atom stereocenters. The fraction of sp³-hybridized carbons (Fsp3) is 0.429. The zero-order valence-corrected chi connectivity index (χ0v) is 22.6. The Balaban J connectivity index is 1.56. The van der Waals surface area contributed by atoms with Crippen LogP contribution in [0.15, 0.2) is 42.9 Å². The molecule has 3 aromatic heterocycles. The Labute approximate surface area is 217 Å². The summed E-state index contributed by atoms with van der Waals surface area (Å²) in [6.45, 7) is 11.5. The van der Waals surface area contributed by atoms with Crippen LogP contribution in [0.5, 0.6) is 0 Å². The summed E-state index contributed by atoms with van der Waals surface area (Å²) in [5.41, 5.74) is 6.55. The van der Waals surface area contributed by atoms with Crippen LogP contribution in [-0.2, 0) is 4.79 Å². The van der Waals surface area contributed by atoms with Crippen molar-refractivity contribution in [3.63, 3.8) is 0 Å². The molecule has 0 aliphatic rings. The van der Waals surface area contributed by atoms with Gasteiger partial charge in [0.25, 0.3) is 0 Å². The Hall–Kier alpha value is -3.59. The number of pyridine rings is 1. The minimum atomic E-state index is -1.36. The number of carbonyl (C=O) groups excluding carboxylic acids is 1. The molecule has 0 saturated carbocycles. The number of aromatic nitrogens is 5. The Bertz CT molecular complexity index is 1380. The highest BCUT2D eigenvalue weighted by atomic mass is 19.1. The number of aromatic amines is 1. The maximum Gasteiger partial charge on any atom is 0.236 e. The molecule has 4 aromatic rings. The van der Waals surface area contributed by atoms with Crippen LogP contribution in [0.4, 0.5) is 4.39 Å². The summed E-state index contributed by atoms with van der Waals surface area (Å²) in [5.74, 6) is 0.152. The number of rotatable bonds is 9. The SMILES string of the molecule is Cc1cc(-c2[nH]nc(-c3ccc(C(C)N(C)C(=O)CNCC(C)(C)F)cc3)c2C(C)C)cn2ncnc12. The summed E-state index contributed by atoms with van der Waals surface area (Å²) in [7, 11) is 1.77. The summed E-state index contributed by atoms with van der Waals surface area (Å²) in [6, 6.07) is 10.1. The maximum absolute atomic E-state index is 13.7. The van der Waals surface area contributed by atoms with Gasteiger partial charge in [-0.1, -0.05) is 38.1 Å². The van der Waals surface area contributed by atoms with Gasteiger partial charge in [-0.2, -0.15) is 10.2 Å². The van der Waals surface area contributed by atoms with E-state index in [2.05, 4.69) is 40.4 Å². The summed E-state index contributed by atoms with van der Waals surface area (Å²) >= 11 is 0. The Morgan fingerprint density at radius 3 is 2.54 bits per heavy atom. The number of nitrogens with one attached hydrogen (secondary N) is 2. The first-order chi connectivity index (χ1) is 17.5. The summed E-state index contributed by atoms with van der Waals surface area (Å²) in [6.07, 6.45) is 3.53. The zero-order valence-electron chi connectivity index (χ0n) is 22.6. The van der Waals surface area contributed by atoms with Crippen LogP contribution >= 0.6 is 0 Å². The van der Waals surface area contributed by atoms with E-state index in [4.69, 9.17) is 5.10 Å². The van der Waals surface area contributed by atoms with E-state index >= 15 is 0 Å². The quantitative estimate of drug-likeness (QED) is 0.331. The molecule has 0 spiro atoms. The van der Waals surface area contributed by atoms with Crippen LogP contribution in [-0.4, -0.2) is 61.4 Å². The molecule has 0 saturated heterocycles. The van der Waals surface area contributed by atoms with Crippen LogP contribution < -0.4 is 5.32 Å². The Morgan fingerprint density at radius 1 is 1.19 bits per heavy atom. The van der Waals surface area contributed by atoms with E-state index in [1.165, 1.54) is 13.8 Å². The van der Waals surface area contributed by atoms with Gasteiger partial charge in [-0.3, -0.25) is 9.89 Å². The lowest BCUT2D eigenvalue weighted by Crippen LogP contribution is -2.40. The van der Waals surface area contributed by atoms with Crippen molar-refractivity contribution in [3.8, 4) is 22.5 Å². The standard InChI is InChI=1S/C28H36FN7O/c1-17(2)24-25(33-34-26(24)22-12-18(3)27-31-16-32-36(27)14-22)21-10-8-20(9-11-21)19(4)35(7)23(37)13-30-15-28(5,6)29/h8-12,14,16-17,19,30H,13,15H2,1-7H3,(H,33,34). The molecular formula is C28H36FN7O. The van der Waals surface area contributed by atoms with Crippen molar-refractivity contribution in [2.45, 2.75) is 59.2 Å². The van der Waals surface area contributed by atoms with Gasteiger partial charge in [0.05, 0.1) is 24.0 Å². The molecule has 3 heterocycles. The van der Waals surface area contributed by atoms with E-state index < -0.39 is 5.67 Å². The number of hydrogen-bond acceptors (Lipinski definition) is 5. The Morgan fingerprint density at radius 2 is 1.89 bits per heavy atom. The molecule has 9 heteroatoms. The molecule has 0 radical (unpaired) electrons. The van der Waals surface area contributed by atoms with Crippen LogP contribution in [0.25, 0.3) is 28.2 Å². The van der Waals surface area contributed by atoms with Gasteiger partial charge >= 0.3 is 0 Å². The number of hydrogen-bond donors (Lipinski definition) is 2. The number of likely N-dealkylation sites (N-methyl/N-ethyl adjacent to an activating group) is 1. The van der Waals surface area contributed by atoms with Gasteiger partial charge in [0.2, 0.25) is 5.91 Å². The van der Waals surface area contributed by atoms with Crippen molar-refractivity contribution in [2.75, 3.05) is 20.1 Å². The zero-order chi connectivity index (χ0) is 26.9. The maximum atomic E-state index is 13.7. The summed E-state index contributed by atoms with van der Waals surface area (Å²) in [4.78, 5) is 18.6. The number of carbonyl (C=O) groups is 1. The largest absolute Gasteiger partial charge is 0.338 e. The molecule has 4 rings (SSSR count). The number of fused-ring (bicyclic) bond motifs is 1. The number of alkyl halides is 1. The summed E-state index contributed by atoms with van der Waals surface area (Å²) in [5, 5.41) is 15.2. The molecule has 196 valence electrons. The van der Waals surface area contributed by atoms with E-state index in [1.807, 2.05) is 44.3 Å². The monoisotopic (exact) mass is 505 g/mol. The molecule has 0 aliphatic heterocycles. The molecule has 8 nitrogen and oxygen atoms in total. The van der Waals surface area contributed by atoms with Gasteiger partial charge in [-0.05, 0) is 50.8 Å². The molecule has 37 heavy (non-hydrogen) atoms. The lowest BCUT2D eigenvalue weighted by Gasteiger charge is -2.26. The van der Waals surface area contributed by atoms with Crippen molar-refractivity contribution in [1.82, 2.24) is 35.0 Å². The first-order valence-electron chi connectivity index (χ1n) is 12.6. The minimum absolute atomic E-state index is 0.0838. The lowest BCUT2D eigenvalue weighted by atomic mass is 9.93. The minimum Gasteiger partial charge on any atom is -0.338 e. The van der Waals surface area contributed by atoms with Crippen molar-refractivity contribution >= 4 is 11.6 Å². The van der Waals surface area contributed by atoms with E-state index in [0.29, 0.717) is 0 Å². The van der Waals surface area contributed by atoms with Gasteiger partial charge in [0, 0.05) is 36.5 Å². The predicted molar refractivity (Wildman–Crippen MR) is 144 cm³/mol. The highest BCUT2D eigenvalue weighted by molar-refractivity contribution is 5.79. The van der Waals surface area contributed by atoms with E-state index in [0.717, 1.165) is 44.9 Å². The van der Waals surface area contributed by atoms with Crippen molar-refractivity contribution in [2.24, 2.45) is 0 Å². The second-order valence-corrected chi connectivity index (χ2v) is 10.6. The number of H-pyrrole nitrogens is 1. The third-order valence-electron chi connectivity index (χ3n) is 6.69. The molecule has 1 atom stereocenters. The molecule has 0 bridgehead atoms. The third kappa shape index (κ3) is 5.72. The highest BCUT2D eigenvalue weighted by Gasteiger charge is 2.22.